The molecule has 2 atom stereocenters. The molecule has 304 valence electrons. The standard InChI is InChI=1S/C49H91NO2/c1-8-10-12-14-16-18-20-22-24-25-27-29-31-33-35-37-39-41-47(52-48(51)43-42-46(3)44-49(4,5)45-50(6)7)40-38-36-34-32-30-28-26-23-21-19-17-15-13-11-9-2/h16-19,22-24,26,46-47H,8-15,20-21,25,27-45H2,1-7H3. The van der Waals surface area contributed by atoms with Crippen LogP contribution in [0.2, 0.25) is 0 Å². The average Bonchev–Trinajstić information content (AvgIpc) is 3.09. The normalized spacial score (nSPS) is 13.8. The smallest absolute Gasteiger partial charge is 0.306 e. The van der Waals surface area contributed by atoms with Gasteiger partial charge in [0.15, 0.2) is 0 Å². The monoisotopic (exact) mass is 726 g/mol. The van der Waals surface area contributed by atoms with Crippen molar-refractivity contribution < 1.29 is 9.53 Å². The van der Waals surface area contributed by atoms with Crippen molar-refractivity contribution in [2.45, 2.75) is 227 Å². The van der Waals surface area contributed by atoms with Gasteiger partial charge in [-0.15, -0.1) is 0 Å². The van der Waals surface area contributed by atoms with E-state index in [4.69, 9.17) is 4.74 Å². The van der Waals surface area contributed by atoms with Crippen molar-refractivity contribution in [3.8, 4) is 0 Å². The summed E-state index contributed by atoms with van der Waals surface area (Å²) in [5, 5.41) is 0. The van der Waals surface area contributed by atoms with Gasteiger partial charge < -0.3 is 9.64 Å². The first-order valence-corrected chi connectivity index (χ1v) is 22.6. The zero-order valence-electron chi connectivity index (χ0n) is 36.3. The molecule has 0 fully saturated rings. The Hall–Kier alpha value is -1.61. The summed E-state index contributed by atoms with van der Waals surface area (Å²) in [5.74, 6) is 0.558. The number of ether oxygens (including phenoxy) is 1. The number of hydrogen-bond donors (Lipinski definition) is 0. The Bertz CT molecular complexity index is 882. The predicted octanol–water partition coefficient (Wildman–Crippen LogP) is 15.7. The molecule has 0 aliphatic rings. The molecule has 0 bridgehead atoms. The van der Waals surface area contributed by atoms with Gasteiger partial charge in [-0.05, 0) is 128 Å². The number of unbranched alkanes of at least 4 members (excludes halogenated alkanes) is 18. The molecule has 0 amide bonds. The molecule has 0 aromatic rings. The summed E-state index contributed by atoms with van der Waals surface area (Å²) < 4.78 is 6.17. The number of allylic oxidation sites excluding steroid dienone is 8. The second-order valence-corrected chi connectivity index (χ2v) is 17.1. The van der Waals surface area contributed by atoms with E-state index in [0.717, 1.165) is 45.1 Å². The highest BCUT2D eigenvalue weighted by molar-refractivity contribution is 5.69. The molecular formula is C49H91NO2. The van der Waals surface area contributed by atoms with Crippen LogP contribution < -0.4 is 0 Å². The van der Waals surface area contributed by atoms with Crippen LogP contribution in [0, 0.1) is 11.3 Å². The lowest BCUT2D eigenvalue weighted by Crippen LogP contribution is -2.30. The molecule has 52 heavy (non-hydrogen) atoms. The molecule has 0 aliphatic heterocycles. The van der Waals surface area contributed by atoms with E-state index in [9.17, 15) is 4.79 Å². The van der Waals surface area contributed by atoms with Gasteiger partial charge in [-0.3, -0.25) is 4.79 Å². The van der Waals surface area contributed by atoms with Crippen molar-refractivity contribution in [3.05, 3.63) is 48.6 Å². The quantitative estimate of drug-likeness (QED) is 0.0360. The maximum atomic E-state index is 13.0. The van der Waals surface area contributed by atoms with E-state index in [1.54, 1.807) is 0 Å². The SMILES string of the molecule is CCCCCC=CCC=CCCCCCCCCCC(CCCCCCCC=CCC=CCCCCC)OC(=O)CCC(C)CC(C)(C)CN(C)C. The number of nitrogens with zero attached hydrogens (tertiary/aromatic N) is 1. The molecule has 0 rings (SSSR count). The number of hydrogen-bond acceptors (Lipinski definition) is 3. The van der Waals surface area contributed by atoms with Crippen LogP contribution in [0.4, 0.5) is 0 Å². The first kappa shape index (κ1) is 50.4. The Morgan fingerprint density at radius 3 is 1.35 bits per heavy atom. The van der Waals surface area contributed by atoms with Crippen molar-refractivity contribution in [2.75, 3.05) is 20.6 Å². The first-order chi connectivity index (χ1) is 25.2. The third-order valence-electron chi connectivity index (χ3n) is 10.2. The highest BCUT2D eigenvalue weighted by Gasteiger charge is 2.23. The summed E-state index contributed by atoms with van der Waals surface area (Å²) in [7, 11) is 4.29. The molecule has 0 heterocycles. The zero-order valence-corrected chi connectivity index (χ0v) is 36.3. The summed E-state index contributed by atoms with van der Waals surface area (Å²) in [6, 6.07) is 0. The van der Waals surface area contributed by atoms with Crippen molar-refractivity contribution in [1.29, 1.82) is 0 Å². The van der Waals surface area contributed by atoms with E-state index >= 15 is 0 Å². The van der Waals surface area contributed by atoms with Crippen molar-refractivity contribution in [1.82, 2.24) is 4.90 Å². The van der Waals surface area contributed by atoms with Gasteiger partial charge in [-0.1, -0.05) is 160 Å². The van der Waals surface area contributed by atoms with E-state index < -0.39 is 0 Å². The van der Waals surface area contributed by atoms with Crippen LogP contribution in [0.1, 0.15) is 221 Å². The fourth-order valence-electron chi connectivity index (χ4n) is 7.56. The van der Waals surface area contributed by atoms with E-state index in [2.05, 4.69) is 102 Å². The average molecular weight is 726 g/mol. The van der Waals surface area contributed by atoms with Gasteiger partial charge in [0.05, 0.1) is 0 Å². The van der Waals surface area contributed by atoms with Gasteiger partial charge in [0.1, 0.15) is 6.10 Å². The minimum atomic E-state index is 0.0295. The summed E-state index contributed by atoms with van der Waals surface area (Å²) in [6.45, 7) is 12.6. The molecule has 0 N–H and O–H groups in total. The minimum Gasteiger partial charge on any atom is -0.462 e. The molecule has 0 radical (unpaired) electrons. The Balaban J connectivity index is 4.37. The van der Waals surface area contributed by atoms with Crippen molar-refractivity contribution >= 4 is 5.97 Å². The van der Waals surface area contributed by atoms with Gasteiger partial charge in [0.2, 0.25) is 0 Å². The molecular weight excluding hydrogens is 635 g/mol. The third-order valence-corrected chi connectivity index (χ3v) is 10.2. The van der Waals surface area contributed by atoms with Crippen LogP contribution in [-0.4, -0.2) is 37.6 Å². The summed E-state index contributed by atoms with van der Waals surface area (Å²) in [4.78, 5) is 15.3. The topological polar surface area (TPSA) is 29.5 Å². The van der Waals surface area contributed by atoms with Crippen molar-refractivity contribution in [3.63, 3.8) is 0 Å². The molecule has 0 saturated carbocycles. The molecule has 0 aliphatic carbocycles. The fraction of sp³-hybridized carbons (Fsp3) is 0.816. The maximum absolute atomic E-state index is 13.0. The van der Waals surface area contributed by atoms with Crippen LogP contribution in [0.5, 0.6) is 0 Å². The highest BCUT2D eigenvalue weighted by Crippen LogP contribution is 2.28. The first-order valence-electron chi connectivity index (χ1n) is 22.6. The summed E-state index contributed by atoms with van der Waals surface area (Å²) in [6.07, 6.45) is 53.9. The maximum Gasteiger partial charge on any atom is 0.306 e. The molecule has 3 heteroatoms. The Labute approximate surface area is 327 Å². The van der Waals surface area contributed by atoms with Gasteiger partial charge in [-0.2, -0.15) is 0 Å². The fourth-order valence-corrected chi connectivity index (χ4v) is 7.56. The lowest BCUT2D eigenvalue weighted by Gasteiger charge is -2.31. The lowest BCUT2D eigenvalue weighted by atomic mass is 9.81. The molecule has 3 nitrogen and oxygen atoms in total. The van der Waals surface area contributed by atoms with Crippen LogP contribution >= 0.6 is 0 Å². The molecule has 0 saturated heterocycles. The highest BCUT2D eigenvalue weighted by atomic mass is 16.5. The van der Waals surface area contributed by atoms with Gasteiger partial charge in [0.25, 0.3) is 0 Å². The third kappa shape index (κ3) is 38.1. The Morgan fingerprint density at radius 2 is 0.942 bits per heavy atom. The van der Waals surface area contributed by atoms with Gasteiger partial charge in [0, 0.05) is 13.0 Å². The van der Waals surface area contributed by atoms with E-state index in [1.165, 1.54) is 141 Å². The second kappa shape index (κ2) is 37.7. The number of carbonyl (C=O) groups excluding carboxylic acids is 1. The predicted molar refractivity (Wildman–Crippen MR) is 233 cm³/mol. The molecule has 0 aromatic carbocycles. The van der Waals surface area contributed by atoms with Crippen LogP contribution in [-0.2, 0) is 9.53 Å². The summed E-state index contributed by atoms with van der Waals surface area (Å²) in [5.41, 5.74) is 0.262. The Kier molecular flexibility index (Phi) is 36.5. The number of rotatable bonds is 38. The van der Waals surface area contributed by atoms with Gasteiger partial charge in [-0.25, -0.2) is 0 Å². The van der Waals surface area contributed by atoms with Crippen molar-refractivity contribution in [2.24, 2.45) is 11.3 Å². The largest absolute Gasteiger partial charge is 0.462 e. The minimum absolute atomic E-state index is 0.0295. The molecule has 0 spiro atoms. The second-order valence-electron chi connectivity index (χ2n) is 17.1. The summed E-state index contributed by atoms with van der Waals surface area (Å²) >= 11 is 0. The van der Waals surface area contributed by atoms with Crippen LogP contribution in [0.3, 0.4) is 0 Å². The Morgan fingerprint density at radius 1 is 0.558 bits per heavy atom. The molecule has 2 unspecified atom stereocenters. The number of carbonyl (C=O) groups is 1. The van der Waals surface area contributed by atoms with Crippen LogP contribution in [0.15, 0.2) is 48.6 Å². The number of esters is 1. The zero-order chi connectivity index (χ0) is 38.4. The van der Waals surface area contributed by atoms with E-state index in [0.29, 0.717) is 12.3 Å². The van der Waals surface area contributed by atoms with Gasteiger partial charge >= 0.3 is 5.97 Å². The van der Waals surface area contributed by atoms with E-state index in [-0.39, 0.29) is 17.5 Å². The molecule has 0 aromatic heterocycles. The lowest BCUT2D eigenvalue weighted by molar-refractivity contribution is -0.150. The van der Waals surface area contributed by atoms with Crippen LogP contribution in [0.25, 0.3) is 0 Å². The van der Waals surface area contributed by atoms with E-state index in [1.807, 2.05) is 0 Å².